The van der Waals surface area contributed by atoms with E-state index in [0.29, 0.717) is 43.1 Å². The van der Waals surface area contributed by atoms with Crippen LogP contribution in [0.25, 0.3) is 0 Å². The van der Waals surface area contributed by atoms with Crippen LogP contribution in [-0.2, 0) is 9.53 Å². The van der Waals surface area contributed by atoms with Crippen LogP contribution in [0.1, 0.15) is 18.5 Å². The molecule has 0 spiro atoms. The van der Waals surface area contributed by atoms with E-state index in [9.17, 15) is 14.0 Å². The summed E-state index contributed by atoms with van der Waals surface area (Å²) in [4.78, 5) is 26.4. The van der Waals surface area contributed by atoms with Gasteiger partial charge in [-0.3, -0.25) is 4.79 Å². The molecular formula is C16H18FN3O3. The fourth-order valence-electron chi connectivity index (χ4n) is 2.82. The predicted molar refractivity (Wildman–Crippen MR) is 80.9 cm³/mol. The number of carbonyl (C=O) groups excluding carboxylic acids is 2. The second-order valence-electron chi connectivity index (χ2n) is 5.53. The quantitative estimate of drug-likeness (QED) is 0.863. The molecule has 2 aliphatic heterocycles. The number of allylic oxidation sites excluding steroid dienone is 1. The van der Waals surface area contributed by atoms with E-state index >= 15 is 0 Å². The maximum atomic E-state index is 13.2. The highest BCUT2D eigenvalue weighted by Crippen LogP contribution is 2.28. The normalized spacial score (nSPS) is 21.7. The first-order chi connectivity index (χ1) is 11.1. The van der Waals surface area contributed by atoms with Crippen molar-refractivity contribution in [2.24, 2.45) is 0 Å². The van der Waals surface area contributed by atoms with Gasteiger partial charge >= 0.3 is 6.03 Å². The molecule has 0 bridgehead atoms. The number of urea groups is 1. The summed E-state index contributed by atoms with van der Waals surface area (Å²) in [7, 11) is 0. The van der Waals surface area contributed by atoms with Crippen LogP contribution < -0.4 is 10.6 Å². The lowest BCUT2D eigenvalue weighted by atomic mass is 9.94. The lowest BCUT2D eigenvalue weighted by Crippen LogP contribution is -2.49. The third-order valence-electron chi connectivity index (χ3n) is 4.00. The van der Waals surface area contributed by atoms with E-state index in [-0.39, 0.29) is 17.8 Å². The van der Waals surface area contributed by atoms with Gasteiger partial charge in [0.2, 0.25) is 0 Å². The molecule has 1 fully saturated rings. The van der Waals surface area contributed by atoms with Crippen molar-refractivity contribution >= 4 is 11.9 Å². The number of nitrogens with one attached hydrogen (secondary N) is 2. The second-order valence-corrected chi connectivity index (χ2v) is 5.53. The summed E-state index contributed by atoms with van der Waals surface area (Å²) in [5, 5.41) is 5.38. The Morgan fingerprint density at radius 1 is 1.26 bits per heavy atom. The molecule has 23 heavy (non-hydrogen) atoms. The molecule has 122 valence electrons. The highest BCUT2D eigenvalue weighted by Gasteiger charge is 2.34. The third kappa shape index (κ3) is 3.19. The molecule has 0 aliphatic carbocycles. The maximum Gasteiger partial charge on any atom is 0.319 e. The Kier molecular flexibility index (Phi) is 4.29. The number of hydrogen-bond acceptors (Lipinski definition) is 3. The fraction of sp³-hybridized carbons (Fsp3) is 0.375. The first-order valence-electron chi connectivity index (χ1n) is 7.47. The van der Waals surface area contributed by atoms with Crippen molar-refractivity contribution < 1.29 is 18.7 Å². The molecule has 1 unspecified atom stereocenters. The second kappa shape index (κ2) is 6.37. The molecule has 0 saturated carbocycles. The van der Waals surface area contributed by atoms with Crippen molar-refractivity contribution in [2.45, 2.75) is 13.0 Å². The largest absolute Gasteiger partial charge is 0.378 e. The summed E-state index contributed by atoms with van der Waals surface area (Å²) in [6, 6.07) is 4.80. The van der Waals surface area contributed by atoms with E-state index in [0.717, 1.165) is 0 Å². The molecule has 1 atom stereocenters. The number of morpholine rings is 1. The van der Waals surface area contributed by atoms with Crippen molar-refractivity contribution in [1.82, 2.24) is 15.5 Å². The van der Waals surface area contributed by atoms with E-state index in [1.165, 1.54) is 12.1 Å². The maximum absolute atomic E-state index is 13.2. The van der Waals surface area contributed by atoms with Crippen LogP contribution in [0.2, 0.25) is 0 Å². The van der Waals surface area contributed by atoms with Gasteiger partial charge < -0.3 is 20.3 Å². The van der Waals surface area contributed by atoms with Gasteiger partial charge in [0.25, 0.3) is 5.91 Å². The first kappa shape index (κ1) is 15.5. The Balaban J connectivity index is 1.95. The molecule has 0 aromatic heterocycles. The number of nitrogens with zero attached hydrogens (tertiary/aromatic N) is 1. The molecule has 7 heteroatoms. The molecule has 2 heterocycles. The fourth-order valence-corrected chi connectivity index (χ4v) is 2.82. The average molecular weight is 319 g/mol. The first-order valence-corrected chi connectivity index (χ1v) is 7.47. The van der Waals surface area contributed by atoms with E-state index < -0.39 is 6.04 Å². The number of ether oxygens (including phenoxy) is 1. The van der Waals surface area contributed by atoms with Gasteiger partial charge in [0.05, 0.1) is 24.8 Å². The minimum Gasteiger partial charge on any atom is -0.378 e. The van der Waals surface area contributed by atoms with Crippen molar-refractivity contribution in [3.8, 4) is 0 Å². The van der Waals surface area contributed by atoms with Crippen molar-refractivity contribution in [3.63, 3.8) is 0 Å². The molecule has 1 aromatic carbocycles. The van der Waals surface area contributed by atoms with Crippen LogP contribution in [0.15, 0.2) is 35.5 Å². The number of hydrogen-bond donors (Lipinski definition) is 2. The van der Waals surface area contributed by atoms with Gasteiger partial charge in [-0.15, -0.1) is 0 Å². The smallest absolute Gasteiger partial charge is 0.319 e. The number of halogens is 1. The molecule has 3 rings (SSSR count). The summed E-state index contributed by atoms with van der Waals surface area (Å²) in [5.74, 6) is -0.511. The average Bonchev–Trinajstić information content (AvgIpc) is 2.55. The Hall–Kier alpha value is -2.41. The number of amides is 3. The van der Waals surface area contributed by atoms with E-state index in [2.05, 4.69) is 10.6 Å². The van der Waals surface area contributed by atoms with Gasteiger partial charge in [-0.2, -0.15) is 0 Å². The zero-order chi connectivity index (χ0) is 16.4. The van der Waals surface area contributed by atoms with Crippen LogP contribution in [0.4, 0.5) is 9.18 Å². The molecule has 3 amide bonds. The number of rotatable bonds is 2. The van der Waals surface area contributed by atoms with Crippen molar-refractivity contribution in [2.75, 3.05) is 26.3 Å². The predicted octanol–water partition coefficient (Wildman–Crippen LogP) is 1.31. The SMILES string of the molecule is CC1=C(C(=O)N2CCOCC2)C(c2ccc(F)cc2)NC(=O)N1. The Morgan fingerprint density at radius 3 is 2.57 bits per heavy atom. The third-order valence-corrected chi connectivity index (χ3v) is 4.00. The minimum absolute atomic E-state index is 0.146. The molecule has 6 nitrogen and oxygen atoms in total. The molecule has 2 N–H and O–H groups in total. The summed E-state index contributed by atoms with van der Waals surface area (Å²) in [5.41, 5.74) is 1.65. The Morgan fingerprint density at radius 2 is 1.91 bits per heavy atom. The van der Waals surface area contributed by atoms with Crippen molar-refractivity contribution in [1.29, 1.82) is 0 Å². The summed E-state index contributed by atoms with van der Waals surface area (Å²) < 4.78 is 18.4. The molecule has 0 radical (unpaired) electrons. The summed E-state index contributed by atoms with van der Waals surface area (Å²) in [6.07, 6.45) is 0. The van der Waals surface area contributed by atoms with Crippen LogP contribution in [-0.4, -0.2) is 43.1 Å². The minimum atomic E-state index is -0.598. The number of carbonyl (C=O) groups is 2. The molecule has 2 aliphatic rings. The molecular weight excluding hydrogens is 301 g/mol. The number of benzene rings is 1. The lowest BCUT2D eigenvalue weighted by molar-refractivity contribution is -0.131. The topological polar surface area (TPSA) is 70.7 Å². The van der Waals surface area contributed by atoms with Gasteiger partial charge in [-0.05, 0) is 24.6 Å². The molecule has 1 aromatic rings. The lowest BCUT2D eigenvalue weighted by Gasteiger charge is -2.33. The standard InChI is InChI=1S/C16H18FN3O3/c1-10-13(15(21)20-6-8-23-9-7-20)14(19-16(22)18-10)11-2-4-12(17)5-3-11/h2-5,14H,6-9H2,1H3,(H2,18,19,22). The van der Waals surface area contributed by atoms with Crippen LogP contribution in [0.5, 0.6) is 0 Å². The zero-order valence-corrected chi connectivity index (χ0v) is 12.8. The van der Waals surface area contributed by atoms with Gasteiger partial charge in [0.1, 0.15) is 5.82 Å². The highest BCUT2D eigenvalue weighted by molar-refractivity contribution is 5.98. The monoisotopic (exact) mass is 319 g/mol. The van der Waals surface area contributed by atoms with Crippen LogP contribution >= 0.6 is 0 Å². The van der Waals surface area contributed by atoms with Crippen LogP contribution in [0, 0.1) is 5.82 Å². The summed E-state index contributed by atoms with van der Waals surface area (Å²) >= 11 is 0. The van der Waals surface area contributed by atoms with Gasteiger partial charge in [0, 0.05) is 18.8 Å². The van der Waals surface area contributed by atoms with Gasteiger partial charge in [0.15, 0.2) is 0 Å². The van der Waals surface area contributed by atoms with Crippen LogP contribution in [0.3, 0.4) is 0 Å². The van der Waals surface area contributed by atoms with Crippen molar-refractivity contribution in [3.05, 3.63) is 46.9 Å². The zero-order valence-electron chi connectivity index (χ0n) is 12.8. The van der Waals surface area contributed by atoms with Gasteiger partial charge in [-0.25, -0.2) is 9.18 Å². The molecule has 1 saturated heterocycles. The summed E-state index contributed by atoms with van der Waals surface area (Å²) in [6.45, 7) is 3.72. The van der Waals surface area contributed by atoms with E-state index in [1.807, 2.05) is 0 Å². The van der Waals surface area contributed by atoms with Gasteiger partial charge in [-0.1, -0.05) is 12.1 Å². The van der Waals surface area contributed by atoms with E-state index in [1.54, 1.807) is 24.0 Å². The highest BCUT2D eigenvalue weighted by atomic mass is 19.1. The Labute approximate surface area is 133 Å². The Bertz CT molecular complexity index is 651. The van der Waals surface area contributed by atoms with E-state index in [4.69, 9.17) is 4.74 Å².